The molecule has 1 unspecified atom stereocenters. The van der Waals surface area contributed by atoms with E-state index in [0.717, 1.165) is 25.2 Å². The molecule has 3 aliphatic rings. The first-order valence-electron chi connectivity index (χ1n) is 12.4. The average Bonchev–Trinajstić information content (AvgIpc) is 3.56. The first-order chi connectivity index (χ1) is 17.2. The Bertz CT molecular complexity index is 1450. The molecule has 2 aromatic heterocycles. The Labute approximate surface area is 211 Å². The zero-order chi connectivity index (χ0) is 25.1. The molecule has 2 N–H and O–H groups in total. The number of nitriles is 1. The number of benzene rings is 1. The number of likely N-dealkylation sites (N-methyl/N-ethyl adjacent to an activating group) is 1. The Morgan fingerprint density at radius 2 is 1.97 bits per heavy atom. The number of hydrogen-bond donors (Lipinski definition) is 2. The van der Waals surface area contributed by atoms with Crippen LogP contribution in [0.1, 0.15) is 47.4 Å². The van der Waals surface area contributed by atoms with E-state index in [2.05, 4.69) is 55.7 Å². The highest BCUT2D eigenvalue weighted by atomic mass is 31.2. The number of aromatic nitrogens is 3. The van der Waals surface area contributed by atoms with Crippen LogP contribution < -0.4 is 16.1 Å². The molecule has 6 rings (SSSR count). The largest absolute Gasteiger partial charge is 0.324 e. The van der Waals surface area contributed by atoms with Gasteiger partial charge in [-0.1, -0.05) is 6.07 Å². The number of nitrogens with one attached hydrogen (secondary N) is 2. The van der Waals surface area contributed by atoms with Gasteiger partial charge in [0.1, 0.15) is 30.0 Å². The fourth-order valence-electron chi connectivity index (χ4n) is 5.86. The molecule has 0 bridgehead atoms. The lowest BCUT2D eigenvalue weighted by molar-refractivity contribution is 0.240. The van der Waals surface area contributed by atoms with E-state index in [9.17, 15) is 9.83 Å². The molecule has 3 aromatic rings. The highest BCUT2D eigenvalue weighted by Crippen LogP contribution is 2.59. The molecule has 2 aliphatic carbocycles. The topological polar surface area (TPSA) is 107 Å². The lowest BCUT2D eigenvalue weighted by Gasteiger charge is -2.40. The average molecular weight is 500 g/mol. The van der Waals surface area contributed by atoms with Gasteiger partial charge in [0, 0.05) is 18.8 Å². The summed E-state index contributed by atoms with van der Waals surface area (Å²) < 4.78 is 12.5. The second-order valence-electron chi connectivity index (χ2n) is 11.0. The van der Waals surface area contributed by atoms with Gasteiger partial charge < -0.3 is 20.1 Å². The molecule has 1 atom stereocenters. The van der Waals surface area contributed by atoms with Gasteiger partial charge in [-0.15, -0.1) is 0 Å². The maximum Gasteiger partial charge on any atom is 0.229 e. The lowest BCUT2D eigenvalue weighted by atomic mass is 9.71. The third-order valence-corrected chi connectivity index (χ3v) is 8.98. The lowest BCUT2D eigenvalue weighted by Crippen LogP contribution is -2.35. The first-order valence-corrected chi connectivity index (χ1v) is 15.0. The van der Waals surface area contributed by atoms with E-state index in [1.165, 1.54) is 36.6 Å². The van der Waals surface area contributed by atoms with Gasteiger partial charge in [-0.05, 0) is 98.3 Å². The van der Waals surface area contributed by atoms with Crippen LogP contribution in [0.2, 0.25) is 0 Å². The van der Waals surface area contributed by atoms with Gasteiger partial charge in [-0.3, -0.25) is 0 Å². The minimum atomic E-state index is -2.52. The summed E-state index contributed by atoms with van der Waals surface area (Å²) >= 11 is 0. The third-order valence-electron chi connectivity index (χ3n) is 7.63. The number of hydrogen-bond acceptors (Lipinski definition) is 8. The summed E-state index contributed by atoms with van der Waals surface area (Å²) in [7, 11) is -0.310. The monoisotopic (exact) mass is 499 g/mol. The molecule has 0 amide bonds. The van der Waals surface area contributed by atoms with Gasteiger partial charge in [-0.2, -0.15) is 10.2 Å². The fourth-order valence-corrected chi connectivity index (χ4v) is 6.65. The van der Waals surface area contributed by atoms with Crippen LogP contribution in [-0.2, 0) is 17.5 Å². The van der Waals surface area contributed by atoms with Crippen molar-refractivity contribution in [1.29, 1.82) is 5.26 Å². The Balaban J connectivity index is 1.31. The predicted octanol–water partition coefficient (Wildman–Crippen LogP) is 4.73. The van der Waals surface area contributed by atoms with Gasteiger partial charge in [0.2, 0.25) is 5.95 Å². The quantitative estimate of drug-likeness (QED) is 0.485. The summed E-state index contributed by atoms with van der Waals surface area (Å²) in [5, 5.41) is 16.1. The van der Waals surface area contributed by atoms with E-state index in [4.69, 9.17) is 0 Å². The Morgan fingerprint density at radius 1 is 1.17 bits per heavy atom. The number of nitrogens with zero attached hydrogens (tertiary/aromatic N) is 5. The number of pyridine rings is 1. The van der Waals surface area contributed by atoms with Gasteiger partial charge in [0.05, 0.1) is 6.20 Å². The smallest absolute Gasteiger partial charge is 0.229 e. The molecule has 184 valence electrons. The van der Waals surface area contributed by atoms with Crippen LogP contribution in [0, 0.1) is 16.7 Å². The molecule has 3 heterocycles. The van der Waals surface area contributed by atoms with Crippen LogP contribution in [0.4, 0.5) is 23.3 Å². The summed E-state index contributed by atoms with van der Waals surface area (Å²) in [6.07, 6.45) is 6.67. The van der Waals surface area contributed by atoms with E-state index in [-0.39, 0.29) is 0 Å². The molecule has 9 heteroatoms. The minimum absolute atomic E-state index is 0.310. The van der Waals surface area contributed by atoms with Crippen molar-refractivity contribution in [2.45, 2.75) is 38.1 Å². The van der Waals surface area contributed by atoms with Crippen molar-refractivity contribution < 1.29 is 4.57 Å². The zero-order valence-corrected chi connectivity index (χ0v) is 21.8. The van der Waals surface area contributed by atoms with Crippen LogP contribution in [0.3, 0.4) is 0 Å². The van der Waals surface area contributed by atoms with Crippen molar-refractivity contribution in [3.8, 4) is 6.07 Å². The summed E-state index contributed by atoms with van der Waals surface area (Å²) in [5.74, 6) is 1.89. The van der Waals surface area contributed by atoms with Gasteiger partial charge in [0.15, 0.2) is 5.82 Å². The Hall–Kier alpha value is -3.27. The van der Waals surface area contributed by atoms with Crippen molar-refractivity contribution >= 4 is 35.8 Å². The van der Waals surface area contributed by atoms with Crippen molar-refractivity contribution in [3.63, 3.8) is 0 Å². The minimum Gasteiger partial charge on any atom is -0.324 e. The van der Waals surface area contributed by atoms with E-state index >= 15 is 0 Å². The van der Waals surface area contributed by atoms with E-state index in [1.54, 1.807) is 37.1 Å². The fraction of sp³-hybridized carbons (Fsp3) is 0.407. The van der Waals surface area contributed by atoms with Crippen LogP contribution >= 0.6 is 7.14 Å². The summed E-state index contributed by atoms with van der Waals surface area (Å²) in [6, 6.07) is 12.0. The predicted molar refractivity (Wildman–Crippen MR) is 142 cm³/mol. The molecular weight excluding hydrogens is 469 g/mol. The molecule has 1 aromatic carbocycles. The van der Waals surface area contributed by atoms with Crippen molar-refractivity contribution in [2.75, 3.05) is 37.6 Å². The molecule has 1 saturated carbocycles. The van der Waals surface area contributed by atoms with Crippen molar-refractivity contribution in [3.05, 3.63) is 58.8 Å². The van der Waals surface area contributed by atoms with Crippen LogP contribution in [-0.4, -0.2) is 46.8 Å². The third kappa shape index (κ3) is 4.38. The maximum absolute atomic E-state index is 12.5. The molecule has 1 fully saturated rings. The maximum atomic E-state index is 12.5. The molecule has 1 aliphatic heterocycles. The van der Waals surface area contributed by atoms with Gasteiger partial charge in [-0.25, -0.2) is 9.97 Å². The normalized spacial score (nSPS) is 19.9. The first kappa shape index (κ1) is 23.1. The van der Waals surface area contributed by atoms with E-state index < -0.39 is 7.14 Å². The molecule has 36 heavy (non-hydrogen) atoms. The second kappa shape index (κ2) is 8.40. The molecule has 1 spiro atoms. The summed E-state index contributed by atoms with van der Waals surface area (Å²) in [6.45, 7) is 5.46. The standard InChI is InChI=1S/C27H30N7OP/c1-34-15-18-10-21(9-17-11-27(7-8-27)12-19(16-34)24(17)18)30-26-29-14-20(13-28)25(33-26)32-22-5-4-6-23(31-22)36(2,3)35/h4-6,9-10,14,19H,7-8,11-12,15-16H2,1-3H3,(H2,29,30,31,32,33). The van der Waals surface area contributed by atoms with E-state index in [1.807, 2.05) is 0 Å². The highest BCUT2D eigenvalue weighted by molar-refractivity contribution is 7.69. The summed E-state index contributed by atoms with van der Waals surface area (Å²) in [5.41, 5.74) is 6.74. The zero-order valence-electron chi connectivity index (χ0n) is 20.9. The SMILES string of the molecule is CN1Cc2cc(Nc3ncc(C#N)c(Nc4cccc(P(C)(C)=O)n4)n3)cc3c2C(C1)CC1(CC1)C3. The van der Waals surface area contributed by atoms with Gasteiger partial charge >= 0.3 is 0 Å². The van der Waals surface area contributed by atoms with Gasteiger partial charge in [0.25, 0.3) is 0 Å². The Kier molecular flexibility index (Phi) is 5.40. The van der Waals surface area contributed by atoms with Crippen molar-refractivity contribution in [1.82, 2.24) is 19.9 Å². The Morgan fingerprint density at radius 3 is 2.72 bits per heavy atom. The van der Waals surface area contributed by atoms with E-state index in [0.29, 0.717) is 39.9 Å². The second-order valence-corrected chi connectivity index (χ2v) is 14.2. The van der Waals surface area contributed by atoms with Crippen LogP contribution in [0.5, 0.6) is 0 Å². The molecule has 0 radical (unpaired) electrons. The molecular formula is C27H30N7OP. The number of rotatable bonds is 5. The van der Waals surface area contributed by atoms with Crippen molar-refractivity contribution in [2.24, 2.45) is 5.41 Å². The van der Waals surface area contributed by atoms with Crippen LogP contribution in [0.15, 0.2) is 36.5 Å². The molecule has 0 saturated heterocycles. The highest BCUT2D eigenvalue weighted by Gasteiger charge is 2.49. The summed E-state index contributed by atoms with van der Waals surface area (Å²) in [4.78, 5) is 15.9. The number of anilines is 4. The molecule has 8 nitrogen and oxygen atoms in total. The van der Waals surface area contributed by atoms with Crippen LogP contribution in [0.25, 0.3) is 0 Å².